The summed E-state index contributed by atoms with van der Waals surface area (Å²) in [5.74, 6) is 2.45. The van der Waals surface area contributed by atoms with Gasteiger partial charge in [0.1, 0.15) is 12.4 Å². The van der Waals surface area contributed by atoms with Crippen molar-refractivity contribution in [2.75, 3.05) is 19.8 Å². The van der Waals surface area contributed by atoms with E-state index in [0.717, 1.165) is 49.6 Å². The summed E-state index contributed by atoms with van der Waals surface area (Å²) in [6.07, 6.45) is 8.59. The topological polar surface area (TPSA) is 38.8 Å². The van der Waals surface area contributed by atoms with Crippen molar-refractivity contribution >= 4 is 5.91 Å². The van der Waals surface area contributed by atoms with E-state index in [1.807, 2.05) is 24.3 Å². The van der Waals surface area contributed by atoms with Gasteiger partial charge in [0.2, 0.25) is 0 Å². The number of hydrogen-bond acceptors (Lipinski definition) is 3. The molecule has 4 unspecified atom stereocenters. The second kappa shape index (κ2) is 7.99. The zero-order chi connectivity index (χ0) is 17.9. The maximum absolute atomic E-state index is 13.1. The molecule has 3 fully saturated rings. The smallest absolute Gasteiger partial charge is 0.254 e. The fourth-order valence-electron chi connectivity index (χ4n) is 4.99. The molecule has 0 N–H and O–H groups in total. The molecule has 3 aliphatic rings. The number of rotatable bonds is 4. The summed E-state index contributed by atoms with van der Waals surface area (Å²) in [4.78, 5) is 15.3. The number of carbonyl (C=O) groups excluding carboxylic acids is 1. The highest BCUT2D eigenvalue weighted by Gasteiger charge is 2.39. The van der Waals surface area contributed by atoms with Gasteiger partial charge < -0.3 is 14.4 Å². The van der Waals surface area contributed by atoms with E-state index in [4.69, 9.17) is 9.47 Å². The normalized spacial score (nSPS) is 31.5. The average Bonchev–Trinajstić information content (AvgIpc) is 3.20. The fourth-order valence-corrected chi connectivity index (χ4v) is 4.99. The first kappa shape index (κ1) is 17.8. The lowest BCUT2D eigenvalue weighted by atomic mass is 9.72. The van der Waals surface area contributed by atoms with Crippen LogP contribution in [0.15, 0.2) is 24.3 Å². The predicted molar refractivity (Wildman–Crippen MR) is 101 cm³/mol. The highest BCUT2D eigenvalue weighted by Crippen LogP contribution is 2.39. The quantitative estimate of drug-likeness (QED) is 0.807. The van der Waals surface area contributed by atoms with Crippen molar-refractivity contribution < 1.29 is 14.3 Å². The van der Waals surface area contributed by atoms with Crippen LogP contribution in [0.2, 0.25) is 0 Å². The SMILES string of the molecule is CC1CCN(C(=O)c2ccc(OCC3CCCO3)cc2)C2CCCCC12. The Labute approximate surface area is 156 Å². The first-order valence-corrected chi connectivity index (χ1v) is 10.4. The number of hydrogen-bond donors (Lipinski definition) is 0. The molecule has 142 valence electrons. The molecule has 1 amide bonds. The summed E-state index contributed by atoms with van der Waals surface area (Å²) in [5, 5.41) is 0. The van der Waals surface area contributed by atoms with Crippen LogP contribution in [0, 0.1) is 11.8 Å². The zero-order valence-electron chi connectivity index (χ0n) is 15.9. The molecule has 26 heavy (non-hydrogen) atoms. The van der Waals surface area contributed by atoms with Gasteiger partial charge >= 0.3 is 0 Å². The summed E-state index contributed by atoms with van der Waals surface area (Å²) < 4.78 is 11.4. The molecule has 1 saturated carbocycles. The van der Waals surface area contributed by atoms with Crippen LogP contribution in [-0.4, -0.2) is 42.7 Å². The van der Waals surface area contributed by atoms with Gasteiger partial charge in [-0.2, -0.15) is 0 Å². The molecule has 0 radical (unpaired) electrons. The summed E-state index contributed by atoms with van der Waals surface area (Å²) in [5.41, 5.74) is 0.786. The van der Waals surface area contributed by atoms with Gasteiger partial charge in [-0.25, -0.2) is 0 Å². The first-order valence-electron chi connectivity index (χ1n) is 10.4. The van der Waals surface area contributed by atoms with Crippen molar-refractivity contribution in [3.63, 3.8) is 0 Å². The van der Waals surface area contributed by atoms with Gasteiger partial charge in [-0.1, -0.05) is 19.8 Å². The predicted octanol–water partition coefficient (Wildman–Crippen LogP) is 4.29. The third-order valence-corrected chi connectivity index (χ3v) is 6.56. The lowest BCUT2D eigenvalue weighted by molar-refractivity contribution is 0.0217. The minimum atomic E-state index is 0.194. The number of likely N-dealkylation sites (tertiary alicyclic amines) is 1. The lowest BCUT2D eigenvalue weighted by Gasteiger charge is -2.47. The number of carbonyl (C=O) groups is 1. The summed E-state index contributed by atoms with van der Waals surface area (Å²) in [6.45, 7) is 4.71. The van der Waals surface area contributed by atoms with Crippen LogP contribution in [0.1, 0.15) is 62.2 Å². The third kappa shape index (κ3) is 3.75. The fraction of sp³-hybridized carbons (Fsp3) is 0.682. The molecule has 1 aliphatic carbocycles. The lowest BCUT2D eigenvalue weighted by Crippen LogP contribution is -2.52. The number of piperidine rings is 1. The van der Waals surface area contributed by atoms with Gasteiger partial charge in [-0.05, 0) is 68.2 Å². The molecule has 4 heteroatoms. The zero-order valence-corrected chi connectivity index (χ0v) is 15.9. The summed E-state index contributed by atoms with van der Waals surface area (Å²) in [6, 6.07) is 8.13. The molecule has 1 aromatic carbocycles. The molecule has 0 aromatic heterocycles. The first-order chi connectivity index (χ1) is 12.7. The number of ether oxygens (including phenoxy) is 2. The van der Waals surface area contributed by atoms with Crippen molar-refractivity contribution in [1.82, 2.24) is 4.90 Å². The monoisotopic (exact) mass is 357 g/mol. The van der Waals surface area contributed by atoms with Gasteiger partial charge in [0.15, 0.2) is 0 Å². The maximum atomic E-state index is 13.1. The minimum Gasteiger partial charge on any atom is -0.491 e. The molecule has 2 aliphatic heterocycles. The van der Waals surface area contributed by atoms with E-state index < -0.39 is 0 Å². The molecule has 1 aromatic rings. The van der Waals surface area contributed by atoms with Crippen LogP contribution in [0.5, 0.6) is 5.75 Å². The van der Waals surface area contributed by atoms with Crippen molar-refractivity contribution in [1.29, 1.82) is 0 Å². The average molecular weight is 357 g/mol. The van der Waals surface area contributed by atoms with E-state index in [-0.39, 0.29) is 12.0 Å². The van der Waals surface area contributed by atoms with Crippen LogP contribution in [0.25, 0.3) is 0 Å². The van der Waals surface area contributed by atoms with Gasteiger partial charge in [0.25, 0.3) is 5.91 Å². The van der Waals surface area contributed by atoms with Crippen LogP contribution in [0.4, 0.5) is 0 Å². The summed E-state index contributed by atoms with van der Waals surface area (Å²) >= 11 is 0. The Kier molecular flexibility index (Phi) is 5.49. The molecule has 4 nitrogen and oxygen atoms in total. The van der Waals surface area contributed by atoms with Gasteiger partial charge in [0, 0.05) is 24.8 Å². The Morgan fingerprint density at radius 2 is 1.92 bits per heavy atom. The number of amides is 1. The van der Waals surface area contributed by atoms with E-state index in [2.05, 4.69) is 11.8 Å². The Hall–Kier alpha value is -1.55. The highest BCUT2D eigenvalue weighted by molar-refractivity contribution is 5.94. The van der Waals surface area contributed by atoms with Crippen LogP contribution in [-0.2, 0) is 4.74 Å². The number of benzene rings is 1. The Bertz CT molecular complexity index is 608. The second-order valence-corrected chi connectivity index (χ2v) is 8.25. The molecular weight excluding hydrogens is 326 g/mol. The largest absolute Gasteiger partial charge is 0.491 e. The van der Waals surface area contributed by atoms with Gasteiger partial charge in [-0.15, -0.1) is 0 Å². The van der Waals surface area contributed by atoms with Gasteiger partial charge in [-0.3, -0.25) is 4.79 Å². The van der Waals surface area contributed by atoms with Crippen molar-refractivity contribution in [3.8, 4) is 5.75 Å². The van der Waals surface area contributed by atoms with E-state index in [1.54, 1.807) is 0 Å². The second-order valence-electron chi connectivity index (χ2n) is 8.25. The standard InChI is InChI=1S/C22H31NO3/c1-16-12-13-23(21-7-3-2-6-20(16)21)22(24)17-8-10-18(11-9-17)26-15-19-5-4-14-25-19/h8-11,16,19-21H,2-7,12-15H2,1H3. The van der Waals surface area contributed by atoms with Crippen LogP contribution >= 0.6 is 0 Å². The number of fused-ring (bicyclic) bond motifs is 1. The number of nitrogens with zero attached hydrogens (tertiary/aromatic N) is 1. The van der Waals surface area contributed by atoms with Crippen molar-refractivity contribution in [3.05, 3.63) is 29.8 Å². The molecular formula is C22H31NO3. The summed E-state index contributed by atoms with van der Waals surface area (Å²) in [7, 11) is 0. The van der Waals surface area contributed by atoms with E-state index in [9.17, 15) is 4.79 Å². The van der Waals surface area contributed by atoms with Crippen LogP contribution < -0.4 is 4.74 Å². The van der Waals surface area contributed by atoms with E-state index in [1.165, 1.54) is 25.7 Å². The van der Waals surface area contributed by atoms with Crippen molar-refractivity contribution in [2.45, 2.75) is 64.0 Å². The molecule has 4 rings (SSSR count). The van der Waals surface area contributed by atoms with Crippen LogP contribution in [0.3, 0.4) is 0 Å². The highest BCUT2D eigenvalue weighted by atomic mass is 16.5. The molecule has 4 atom stereocenters. The molecule has 0 spiro atoms. The van der Waals surface area contributed by atoms with E-state index >= 15 is 0 Å². The maximum Gasteiger partial charge on any atom is 0.254 e. The molecule has 2 saturated heterocycles. The Morgan fingerprint density at radius 3 is 2.69 bits per heavy atom. The molecule has 0 bridgehead atoms. The minimum absolute atomic E-state index is 0.194. The molecule has 2 heterocycles. The Balaban J connectivity index is 1.39. The van der Waals surface area contributed by atoms with Crippen molar-refractivity contribution in [2.24, 2.45) is 11.8 Å². The van der Waals surface area contributed by atoms with E-state index in [0.29, 0.717) is 18.6 Å². The Morgan fingerprint density at radius 1 is 1.12 bits per heavy atom. The van der Waals surface area contributed by atoms with Gasteiger partial charge in [0.05, 0.1) is 6.10 Å². The third-order valence-electron chi connectivity index (χ3n) is 6.56.